The van der Waals surface area contributed by atoms with Crippen LogP contribution in [0.1, 0.15) is 16.1 Å². The number of methoxy groups -OCH3 is 1. The molecule has 1 amide bonds. The number of furan rings is 1. The maximum absolute atomic E-state index is 13.1. The smallest absolute Gasteiger partial charge is 0.287 e. The van der Waals surface area contributed by atoms with Gasteiger partial charge in [0, 0.05) is 25.8 Å². The summed E-state index contributed by atoms with van der Waals surface area (Å²) < 4.78 is 49.5. The van der Waals surface area contributed by atoms with Crippen LogP contribution in [0, 0.1) is 5.82 Å². The van der Waals surface area contributed by atoms with Gasteiger partial charge >= 0.3 is 0 Å². The predicted molar refractivity (Wildman–Crippen MR) is 88.4 cm³/mol. The van der Waals surface area contributed by atoms with E-state index in [1.165, 1.54) is 13.4 Å². The van der Waals surface area contributed by atoms with Crippen LogP contribution in [0.5, 0.6) is 0 Å². The number of nitrogens with one attached hydrogen (secondary N) is 2. The van der Waals surface area contributed by atoms with E-state index in [4.69, 9.17) is 20.8 Å². The highest BCUT2D eigenvalue weighted by Crippen LogP contribution is 2.19. The standard InChI is InChI=1S/C15H16ClFN2O5S/c1-23-9-10-4-7-24-14(10)15(20)18-5-6-19-25(21,22)11-2-3-13(17)12(16)8-11/h2-4,7-8,19H,5-6,9H2,1H3,(H,18,20). The zero-order valence-corrected chi connectivity index (χ0v) is 14.8. The molecule has 2 rings (SSSR count). The van der Waals surface area contributed by atoms with Gasteiger partial charge < -0.3 is 14.5 Å². The SMILES string of the molecule is COCc1ccoc1C(=O)NCCNS(=O)(=O)c1ccc(F)c(Cl)c1. The summed E-state index contributed by atoms with van der Waals surface area (Å²) in [7, 11) is -2.37. The van der Waals surface area contributed by atoms with Gasteiger partial charge in [-0.2, -0.15) is 0 Å². The van der Waals surface area contributed by atoms with E-state index in [0.29, 0.717) is 5.56 Å². The minimum Gasteiger partial charge on any atom is -0.459 e. The van der Waals surface area contributed by atoms with Crippen LogP contribution in [0.25, 0.3) is 0 Å². The molecule has 0 spiro atoms. The second-order valence-corrected chi connectivity index (χ2v) is 7.11. The van der Waals surface area contributed by atoms with Crippen LogP contribution in [0.3, 0.4) is 0 Å². The van der Waals surface area contributed by atoms with Gasteiger partial charge in [0.15, 0.2) is 5.76 Å². The van der Waals surface area contributed by atoms with Gasteiger partial charge in [0.05, 0.1) is 22.8 Å². The van der Waals surface area contributed by atoms with Crippen LogP contribution in [0.2, 0.25) is 5.02 Å². The first-order chi connectivity index (χ1) is 11.8. The van der Waals surface area contributed by atoms with Gasteiger partial charge in [-0.05, 0) is 24.3 Å². The molecule has 0 atom stereocenters. The van der Waals surface area contributed by atoms with Gasteiger partial charge in [-0.25, -0.2) is 17.5 Å². The highest BCUT2D eigenvalue weighted by Gasteiger charge is 2.17. The lowest BCUT2D eigenvalue weighted by Gasteiger charge is -2.08. The van der Waals surface area contributed by atoms with E-state index in [2.05, 4.69) is 10.0 Å². The Labute approximate surface area is 149 Å². The topological polar surface area (TPSA) is 97.6 Å². The van der Waals surface area contributed by atoms with Crippen LogP contribution in [0.4, 0.5) is 4.39 Å². The third kappa shape index (κ3) is 5.02. The van der Waals surface area contributed by atoms with Crippen molar-refractivity contribution in [1.82, 2.24) is 10.0 Å². The number of amides is 1. The highest BCUT2D eigenvalue weighted by molar-refractivity contribution is 7.89. The Morgan fingerprint density at radius 3 is 2.76 bits per heavy atom. The Morgan fingerprint density at radius 2 is 2.08 bits per heavy atom. The second kappa shape index (κ2) is 8.43. The Hall–Kier alpha value is -1.94. The maximum atomic E-state index is 13.1. The first-order valence-electron chi connectivity index (χ1n) is 7.13. The van der Waals surface area contributed by atoms with Crippen molar-refractivity contribution in [2.45, 2.75) is 11.5 Å². The molecule has 2 aromatic rings. The number of sulfonamides is 1. The van der Waals surface area contributed by atoms with Crippen molar-refractivity contribution in [2.75, 3.05) is 20.2 Å². The van der Waals surface area contributed by atoms with Gasteiger partial charge in [-0.3, -0.25) is 4.79 Å². The summed E-state index contributed by atoms with van der Waals surface area (Å²) in [6.45, 7) is 0.181. The fourth-order valence-electron chi connectivity index (χ4n) is 1.97. The van der Waals surface area contributed by atoms with Crippen LogP contribution in [-0.4, -0.2) is 34.5 Å². The Bertz CT molecular complexity index is 853. The summed E-state index contributed by atoms with van der Waals surface area (Å²) in [6, 6.07) is 4.69. The second-order valence-electron chi connectivity index (χ2n) is 4.94. The molecule has 0 unspecified atom stereocenters. The van der Waals surface area contributed by atoms with E-state index in [1.807, 2.05) is 0 Å². The largest absolute Gasteiger partial charge is 0.459 e. The van der Waals surface area contributed by atoms with Gasteiger partial charge in [0.1, 0.15) is 5.82 Å². The van der Waals surface area contributed by atoms with Crippen molar-refractivity contribution in [1.29, 1.82) is 0 Å². The third-order valence-corrected chi connectivity index (χ3v) is 4.91. The molecule has 0 aliphatic heterocycles. The maximum Gasteiger partial charge on any atom is 0.287 e. The molecule has 0 bridgehead atoms. The van der Waals surface area contributed by atoms with Gasteiger partial charge in [0.2, 0.25) is 10.0 Å². The summed E-state index contributed by atoms with van der Waals surface area (Å²) in [6.07, 6.45) is 1.37. The number of hydrogen-bond donors (Lipinski definition) is 2. The third-order valence-electron chi connectivity index (χ3n) is 3.16. The Kier molecular flexibility index (Phi) is 6.54. The molecule has 10 heteroatoms. The lowest BCUT2D eigenvalue weighted by atomic mass is 10.2. The molecule has 0 aliphatic carbocycles. The van der Waals surface area contributed by atoms with Crippen LogP contribution < -0.4 is 10.0 Å². The minimum atomic E-state index is -3.86. The molecule has 1 heterocycles. The molecule has 1 aromatic carbocycles. The van der Waals surface area contributed by atoms with Crippen molar-refractivity contribution in [3.8, 4) is 0 Å². The number of rotatable bonds is 8. The molecular weight excluding hydrogens is 375 g/mol. The number of carbonyl (C=O) groups is 1. The summed E-state index contributed by atoms with van der Waals surface area (Å²) in [4.78, 5) is 11.8. The fraction of sp³-hybridized carbons (Fsp3) is 0.267. The number of ether oxygens (including phenoxy) is 1. The van der Waals surface area contributed by atoms with Crippen molar-refractivity contribution in [3.63, 3.8) is 0 Å². The summed E-state index contributed by atoms with van der Waals surface area (Å²) in [5.74, 6) is -1.09. The first kappa shape index (κ1) is 19.4. The monoisotopic (exact) mass is 390 g/mol. The van der Waals surface area contributed by atoms with Crippen molar-refractivity contribution in [2.24, 2.45) is 0 Å². The van der Waals surface area contributed by atoms with E-state index < -0.39 is 21.7 Å². The highest BCUT2D eigenvalue weighted by atomic mass is 35.5. The molecule has 0 radical (unpaired) electrons. The lowest BCUT2D eigenvalue weighted by molar-refractivity contribution is 0.0920. The molecule has 25 heavy (non-hydrogen) atoms. The lowest BCUT2D eigenvalue weighted by Crippen LogP contribution is -2.34. The van der Waals surface area contributed by atoms with Gasteiger partial charge in [-0.15, -0.1) is 0 Å². The van der Waals surface area contributed by atoms with E-state index in [-0.39, 0.29) is 35.4 Å². The van der Waals surface area contributed by atoms with Crippen LogP contribution in [-0.2, 0) is 21.4 Å². The van der Waals surface area contributed by atoms with E-state index in [1.54, 1.807) is 6.07 Å². The summed E-state index contributed by atoms with van der Waals surface area (Å²) >= 11 is 5.58. The van der Waals surface area contributed by atoms with Crippen molar-refractivity contribution >= 4 is 27.5 Å². The average Bonchev–Trinajstić information content (AvgIpc) is 3.02. The normalized spacial score (nSPS) is 11.5. The van der Waals surface area contributed by atoms with E-state index >= 15 is 0 Å². The van der Waals surface area contributed by atoms with Crippen molar-refractivity contribution < 1.29 is 26.8 Å². The molecule has 2 N–H and O–H groups in total. The number of hydrogen-bond acceptors (Lipinski definition) is 5. The molecular formula is C15H16ClFN2O5S. The van der Waals surface area contributed by atoms with Crippen molar-refractivity contribution in [3.05, 3.63) is 52.7 Å². The molecule has 7 nitrogen and oxygen atoms in total. The molecule has 0 aliphatic rings. The first-order valence-corrected chi connectivity index (χ1v) is 8.99. The van der Waals surface area contributed by atoms with Gasteiger partial charge in [0.25, 0.3) is 5.91 Å². The van der Waals surface area contributed by atoms with Crippen LogP contribution >= 0.6 is 11.6 Å². The summed E-state index contributed by atoms with van der Waals surface area (Å²) in [5, 5.41) is 2.24. The molecule has 0 fully saturated rings. The molecule has 136 valence electrons. The zero-order chi connectivity index (χ0) is 18.4. The summed E-state index contributed by atoms with van der Waals surface area (Å²) in [5.41, 5.74) is 0.585. The fourth-order valence-corrected chi connectivity index (χ4v) is 3.28. The molecule has 0 saturated heterocycles. The molecule has 1 aromatic heterocycles. The zero-order valence-electron chi connectivity index (χ0n) is 13.2. The van der Waals surface area contributed by atoms with Crippen LogP contribution in [0.15, 0.2) is 39.8 Å². The van der Waals surface area contributed by atoms with E-state index in [0.717, 1.165) is 18.2 Å². The van der Waals surface area contributed by atoms with E-state index in [9.17, 15) is 17.6 Å². The minimum absolute atomic E-state index is 0.0279. The quantitative estimate of drug-likeness (QED) is 0.671. The predicted octanol–water partition coefficient (Wildman–Crippen LogP) is 1.93. The Morgan fingerprint density at radius 1 is 1.32 bits per heavy atom. The van der Waals surface area contributed by atoms with Gasteiger partial charge in [-0.1, -0.05) is 11.6 Å². The Balaban J connectivity index is 1.88. The molecule has 0 saturated carbocycles. The number of carbonyl (C=O) groups excluding carboxylic acids is 1. The number of halogens is 2. The number of benzene rings is 1. The average molecular weight is 391 g/mol.